The molecule has 1 aromatic rings. The molecule has 0 saturated carbocycles. The van der Waals surface area contributed by atoms with Gasteiger partial charge in [-0.1, -0.05) is 6.92 Å². The van der Waals surface area contributed by atoms with Crippen molar-refractivity contribution < 1.29 is 14.3 Å². The number of carbonyl (C=O) groups is 1. The minimum Gasteiger partial charge on any atom is -0.497 e. The van der Waals surface area contributed by atoms with E-state index in [1.807, 2.05) is 6.92 Å². The summed E-state index contributed by atoms with van der Waals surface area (Å²) < 4.78 is 10.4. The number of hydrogen-bond acceptors (Lipinski definition) is 4. The fourth-order valence-corrected chi connectivity index (χ4v) is 2.68. The van der Waals surface area contributed by atoms with Crippen LogP contribution in [0.2, 0.25) is 0 Å². The molecule has 0 aliphatic carbocycles. The molecule has 0 aromatic heterocycles. The minimum atomic E-state index is -0.419. The van der Waals surface area contributed by atoms with Gasteiger partial charge in [0.05, 0.1) is 19.8 Å². The first-order valence-electron chi connectivity index (χ1n) is 6.68. The Morgan fingerprint density at radius 3 is 2.32 bits per heavy atom. The fraction of sp³-hybridized carbons (Fsp3) is 0.533. The molecule has 1 heterocycles. The molecule has 1 atom stereocenters. The number of methoxy groups -OCH3 is 2. The zero-order chi connectivity index (χ0) is 13.9. The van der Waals surface area contributed by atoms with Gasteiger partial charge in [0.2, 0.25) is 0 Å². The second-order valence-electron chi connectivity index (χ2n) is 4.90. The summed E-state index contributed by atoms with van der Waals surface area (Å²) in [7, 11) is 3.18. The molecule has 4 nitrogen and oxygen atoms in total. The van der Waals surface area contributed by atoms with Crippen molar-refractivity contribution >= 4 is 5.78 Å². The van der Waals surface area contributed by atoms with Crippen molar-refractivity contribution in [1.82, 2.24) is 5.32 Å². The van der Waals surface area contributed by atoms with E-state index in [0.717, 1.165) is 25.8 Å². The van der Waals surface area contributed by atoms with Crippen molar-refractivity contribution in [2.45, 2.75) is 31.7 Å². The normalized spacial score (nSPS) is 22.3. The molecular weight excluding hydrogens is 242 g/mol. The number of benzene rings is 1. The van der Waals surface area contributed by atoms with Crippen LogP contribution in [0, 0.1) is 0 Å². The smallest absolute Gasteiger partial charge is 0.183 e. The molecule has 0 radical (unpaired) electrons. The Bertz CT molecular complexity index is 442. The van der Waals surface area contributed by atoms with E-state index < -0.39 is 5.54 Å². The lowest BCUT2D eigenvalue weighted by molar-refractivity contribution is 0.0863. The van der Waals surface area contributed by atoms with Gasteiger partial charge in [-0.2, -0.15) is 0 Å². The SMILES string of the molecule is CCC1(C(=O)c2cc(OC)cc(OC)c2)CCCN1. The monoisotopic (exact) mass is 263 g/mol. The molecule has 1 aliphatic heterocycles. The number of Topliss-reactive ketones (excluding diaryl/α,β-unsaturated/α-hetero) is 1. The molecule has 0 spiro atoms. The van der Waals surface area contributed by atoms with E-state index in [1.54, 1.807) is 32.4 Å². The van der Waals surface area contributed by atoms with Gasteiger partial charge in [-0.3, -0.25) is 4.79 Å². The van der Waals surface area contributed by atoms with Crippen molar-refractivity contribution in [2.24, 2.45) is 0 Å². The molecule has 104 valence electrons. The Kier molecular flexibility index (Phi) is 4.10. The molecule has 1 aliphatic rings. The van der Waals surface area contributed by atoms with E-state index in [-0.39, 0.29) is 5.78 Å². The number of ketones is 1. The van der Waals surface area contributed by atoms with Gasteiger partial charge in [-0.15, -0.1) is 0 Å². The van der Waals surface area contributed by atoms with Crippen LogP contribution in [0.5, 0.6) is 11.5 Å². The summed E-state index contributed by atoms with van der Waals surface area (Å²) in [4.78, 5) is 12.8. The lowest BCUT2D eigenvalue weighted by Crippen LogP contribution is -2.47. The van der Waals surface area contributed by atoms with Gasteiger partial charge in [0.15, 0.2) is 5.78 Å². The summed E-state index contributed by atoms with van der Waals surface area (Å²) in [5, 5.41) is 3.36. The third kappa shape index (κ3) is 2.59. The maximum absolute atomic E-state index is 12.8. The lowest BCUT2D eigenvalue weighted by atomic mass is 9.85. The summed E-state index contributed by atoms with van der Waals surface area (Å²) >= 11 is 0. The Balaban J connectivity index is 2.37. The predicted octanol–water partition coefficient (Wildman–Crippen LogP) is 2.42. The highest BCUT2D eigenvalue weighted by Crippen LogP contribution is 2.30. The van der Waals surface area contributed by atoms with Crippen LogP contribution in [0.25, 0.3) is 0 Å². The van der Waals surface area contributed by atoms with E-state index in [0.29, 0.717) is 17.1 Å². The van der Waals surface area contributed by atoms with Gasteiger partial charge in [0, 0.05) is 11.6 Å². The van der Waals surface area contributed by atoms with Crippen molar-refractivity contribution in [3.05, 3.63) is 23.8 Å². The second kappa shape index (κ2) is 5.61. The molecule has 1 unspecified atom stereocenters. The van der Waals surface area contributed by atoms with E-state index in [2.05, 4.69) is 5.32 Å². The zero-order valence-electron chi connectivity index (χ0n) is 11.8. The van der Waals surface area contributed by atoms with Crippen molar-refractivity contribution in [2.75, 3.05) is 20.8 Å². The highest BCUT2D eigenvalue weighted by Gasteiger charge is 2.39. The zero-order valence-corrected chi connectivity index (χ0v) is 11.8. The average Bonchev–Trinajstić information content (AvgIpc) is 2.95. The molecule has 4 heteroatoms. The molecule has 19 heavy (non-hydrogen) atoms. The third-order valence-electron chi connectivity index (χ3n) is 3.90. The molecule has 1 saturated heterocycles. The fourth-order valence-electron chi connectivity index (χ4n) is 2.68. The first kappa shape index (κ1) is 13.9. The summed E-state index contributed by atoms with van der Waals surface area (Å²) in [6.07, 6.45) is 2.73. The molecule has 1 aromatic carbocycles. The Hall–Kier alpha value is -1.55. The first-order chi connectivity index (χ1) is 9.15. The van der Waals surface area contributed by atoms with Gasteiger partial charge in [0.1, 0.15) is 11.5 Å². The largest absolute Gasteiger partial charge is 0.497 e. The van der Waals surface area contributed by atoms with E-state index in [1.165, 1.54) is 0 Å². The molecule has 0 bridgehead atoms. The molecule has 1 N–H and O–H groups in total. The van der Waals surface area contributed by atoms with Gasteiger partial charge in [0.25, 0.3) is 0 Å². The van der Waals surface area contributed by atoms with E-state index >= 15 is 0 Å². The van der Waals surface area contributed by atoms with Gasteiger partial charge in [-0.05, 0) is 37.9 Å². The summed E-state index contributed by atoms with van der Waals surface area (Å²) in [5.74, 6) is 1.42. The average molecular weight is 263 g/mol. The molecule has 0 amide bonds. The maximum Gasteiger partial charge on any atom is 0.183 e. The van der Waals surface area contributed by atoms with Crippen LogP contribution in [0.4, 0.5) is 0 Å². The van der Waals surface area contributed by atoms with Crippen molar-refractivity contribution in [3.8, 4) is 11.5 Å². The van der Waals surface area contributed by atoms with Gasteiger partial charge >= 0.3 is 0 Å². The second-order valence-corrected chi connectivity index (χ2v) is 4.90. The standard InChI is InChI=1S/C15H21NO3/c1-4-15(6-5-7-16-15)14(17)11-8-12(18-2)10-13(9-11)19-3/h8-10,16H,4-7H2,1-3H3. The summed E-state index contributed by atoms with van der Waals surface area (Å²) in [6.45, 7) is 2.95. The highest BCUT2D eigenvalue weighted by atomic mass is 16.5. The Morgan fingerprint density at radius 1 is 1.26 bits per heavy atom. The van der Waals surface area contributed by atoms with Crippen molar-refractivity contribution in [1.29, 1.82) is 0 Å². The number of carbonyl (C=O) groups excluding carboxylic acids is 1. The maximum atomic E-state index is 12.8. The predicted molar refractivity (Wildman–Crippen MR) is 74.1 cm³/mol. The third-order valence-corrected chi connectivity index (χ3v) is 3.90. The highest BCUT2D eigenvalue weighted by molar-refractivity contribution is 6.04. The molecule has 2 rings (SSSR count). The first-order valence-corrected chi connectivity index (χ1v) is 6.68. The number of hydrogen-bond donors (Lipinski definition) is 1. The van der Waals surface area contributed by atoms with E-state index in [9.17, 15) is 4.79 Å². The summed E-state index contributed by atoms with van der Waals surface area (Å²) in [6, 6.07) is 5.34. The lowest BCUT2D eigenvalue weighted by Gasteiger charge is -2.26. The molecular formula is C15H21NO3. The van der Waals surface area contributed by atoms with Gasteiger partial charge < -0.3 is 14.8 Å². The van der Waals surface area contributed by atoms with Crippen LogP contribution in [0.1, 0.15) is 36.5 Å². The molecule has 1 fully saturated rings. The topological polar surface area (TPSA) is 47.6 Å². The number of nitrogens with one attached hydrogen (secondary N) is 1. The quantitative estimate of drug-likeness (QED) is 0.829. The van der Waals surface area contributed by atoms with Crippen LogP contribution in [-0.2, 0) is 0 Å². The number of rotatable bonds is 5. The van der Waals surface area contributed by atoms with Crippen molar-refractivity contribution in [3.63, 3.8) is 0 Å². The van der Waals surface area contributed by atoms with Gasteiger partial charge in [-0.25, -0.2) is 0 Å². The number of ether oxygens (including phenoxy) is 2. The van der Waals surface area contributed by atoms with Crippen LogP contribution in [0.3, 0.4) is 0 Å². The van der Waals surface area contributed by atoms with Crippen LogP contribution < -0.4 is 14.8 Å². The Labute approximate surface area is 114 Å². The van der Waals surface area contributed by atoms with E-state index in [4.69, 9.17) is 9.47 Å². The van der Waals surface area contributed by atoms with Crippen LogP contribution in [0.15, 0.2) is 18.2 Å². The minimum absolute atomic E-state index is 0.129. The van der Waals surface area contributed by atoms with Crippen LogP contribution >= 0.6 is 0 Å². The Morgan fingerprint density at radius 2 is 1.89 bits per heavy atom. The van der Waals surface area contributed by atoms with Crippen LogP contribution in [-0.4, -0.2) is 32.1 Å². The summed E-state index contributed by atoms with van der Waals surface area (Å²) in [5.41, 5.74) is 0.227.